The Balaban J connectivity index is 4.29. The second-order valence-corrected chi connectivity index (χ2v) is 4.79. The standard InChI is InChI=1S/C13H26O5/c1-6-7-10(9-18-13(2,3)15)8-11(14)12(16-4)17-5/h6,10-12,14-15H,1,7-9H2,2-5H3. The minimum absolute atomic E-state index is 0.0525. The van der Waals surface area contributed by atoms with Crippen LogP contribution in [0.5, 0.6) is 0 Å². The third kappa shape index (κ3) is 7.79. The van der Waals surface area contributed by atoms with Crippen molar-refractivity contribution in [1.82, 2.24) is 0 Å². The molecule has 5 heteroatoms. The summed E-state index contributed by atoms with van der Waals surface area (Å²) in [6.07, 6.45) is 1.51. The average molecular weight is 262 g/mol. The zero-order chi connectivity index (χ0) is 14.2. The lowest BCUT2D eigenvalue weighted by Gasteiger charge is -2.26. The first-order valence-corrected chi connectivity index (χ1v) is 6.05. The lowest BCUT2D eigenvalue weighted by Crippen LogP contribution is -2.34. The summed E-state index contributed by atoms with van der Waals surface area (Å²) in [6, 6.07) is 0. The molecule has 0 fully saturated rings. The fourth-order valence-corrected chi connectivity index (χ4v) is 1.65. The van der Waals surface area contributed by atoms with Gasteiger partial charge in [-0.25, -0.2) is 0 Å². The smallest absolute Gasteiger partial charge is 0.182 e. The van der Waals surface area contributed by atoms with Crippen LogP contribution in [0.15, 0.2) is 12.7 Å². The second kappa shape index (κ2) is 8.61. The van der Waals surface area contributed by atoms with E-state index in [0.29, 0.717) is 19.4 Å². The normalized spacial score (nSPS) is 15.7. The Hall–Kier alpha value is -0.460. The third-order valence-corrected chi connectivity index (χ3v) is 2.53. The monoisotopic (exact) mass is 262 g/mol. The van der Waals surface area contributed by atoms with E-state index in [1.807, 2.05) is 0 Å². The van der Waals surface area contributed by atoms with Gasteiger partial charge in [0.1, 0.15) is 6.10 Å². The first kappa shape index (κ1) is 17.5. The molecule has 18 heavy (non-hydrogen) atoms. The third-order valence-electron chi connectivity index (χ3n) is 2.53. The van der Waals surface area contributed by atoms with Crippen LogP contribution in [0.3, 0.4) is 0 Å². The fourth-order valence-electron chi connectivity index (χ4n) is 1.65. The number of hydrogen-bond donors (Lipinski definition) is 2. The van der Waals surface area contributed by atoms with Gasteiger partial charge in [-0.1, -0.05) is 6.08 Å². The molecule has 0 aromatic heterocycles. The summed E-state index contributed by atoms with van der Waals surface area (Å²) < 4.78 is 15.3. The Morgan fingerprint density at radius 2 is 1.83 bits per heavy atom. The lowest BCUT2D eigenvalue weighted by atomic mass is 9.98. The largest absolute Gasteiger partial charge is 0.388 e. The van der Waals surface area contributed by atoms with Gasteiger partial charge in [0.15, 0.2) is 12.1 Å². The minimum Gasteiger partial charge on any atom is -0.388 e. The summed E-state index contributed by atoms with van der Waals surface area (Å²) in [5.74, 6) is -1.12. The maximum absolute atomic E-state index is 9.93. The maximum Gasteiger partial charge on any atom is 0.182 e. The molecule has 0 amide bonds. The van der Waals surface area contributed by atoms with Crippen LogP contribution in [0.1, 0.15) is 26.7 Å². The Morgan fingerprint density at radius 1 is 1.28 bits per heavy atom. The van der Waals surface area contributed by atoms with Gasteiger partial charge in [-0.2, -0.15) is 0 Å². The topological polar surface area (TPSA) is 68.2 Å². The van der Waals surface area contributed by atoms with Crippen molar-refractivity contribution in [3.05, 3.63) is 12.7 Å². The Kier molecular flexibility index (Phi) is 8.39. The second-order valence-electron chi connectivity index (χ2n) is 4.79. The van der Waals surface area contributed by atoms with E-state index in [-0.39, 0.29) is 5.92 Å². The quantitative estimate of drug-likeness (QED) is 0.459. The van der Waals surface area contributed by atoms with Crippen LogP contribution in [0.4, 0.5) is 0 Å². The predicted molar refractivity (Wildman–Crippen MR) is 69.0 cm³/mol. The number of aliphatic hydroxyl groups excluding tert-OH is 1. The van der Waals surface area contributed by atoms with Crippen LogP contribution in [-0.4, -0.2) is 49.2 Å². The highest BCUT2D eigenvalue weighted by Gasteiger charge is 2.24. The summed E-state index contributed by atoms with van der Waals surface area (Å²) in [4.78, 5) is 0. The van der Waals surface area contributed by atoms with Crippen LogP contribution in [0.2, 0.25) is 0 Å². The SMILES string of the molecule is C=CCC(COC(C)(C)O)CC(O)C(OC)OC. The molecule has 0 heterocycles. The van der Waals surface area contributed by atoms with Crippen molar-refractivity contribution in [2.45, 2.75) is 44.9 Å². The van der Waals surface area contributed by atoms with Gasteiger partial charge in [0, 0.05) is 14.2 Å². The molecule has 0 aromatic rings. The Labute approximate surface area is 109 Å². The highest BCUT2D eigenvalue weighted by atomic mass is 16.7. The van der Waals surface area contributed by atoms with E-state index in [2.05, 4.69) is 6.58 Å². The summed E-state index contributed by atoms with van der Waals surface area (Å²) >= 11 is 0. The van der Waals surface area contributed by atoms with Gasteiger partial charge in [-0.05, 0) is 32.6 Å². The molecule has 0 aliphatic carbocycles. The molecular weight excluding hydrogens is 236 g/mol. The lowest BCUT2D eigenvalue weighted by molar-refractivity contribution is -0.193. The van der Waals surface area contributed by atoms with E-state index in [1.54, 1.807) is 19.9 Å². The van der Waals surface area contributed by atoms with E-state index in [9.17, 15) is 10.2 Å². The molecule has 2 atom stereocenters. The van der Waals surface area contributed by atoms with Crippen LogP contribution in [0.25, 0.3) is 0 Å². The van der Waals surface area contributed by atoms with Gasteiger partial charge in [-0.3, -0.25) is 0 Å². The molecule has 0 spiro atoms. The number of methoxy groups -OCH3 is 2. The van der Waals surface area contributed by atoms with Crippen LogP contribution >= 0.6 is 0 Å². The fraction of sp³-hybridized carbons (Fsp3) is 0.846. The van der Waals surface area contributed by atoms with Gasteiger partial charge in [0.25, 0.3) is 0 Å². The Morgan fingerprint density at radius 3 is 2.22 bits per heavy atom. The Bertz CT molecular complexity index is 220. The van der Waals surface area contributed by atoms with Crippen molar-refractivity contribution >= 4 is 0 Å². The first-order chi connectivity index (χ1) is 8.34. The zero-order valence-corrected chi connectivity index (χ0v) is 11.8. The molecule has 0 rings (SSSR count). The maximum atomic E-state index is 9.93. The number of aliphatic hydroxyl groups is 2. The van der Waals surface area contributed by atoms with Gasteiger partial charge in [-0.15, -0.1) is 6.58 Å². The van der Waals surface area contributed by atoms with Crippen molar-refractivity contribution < 1.29 is 24.4 Å². The molecule has 0 saturated heterocycles. The van der Waals surface area contributed by atoms with Crippen molar-refractivity contribution in [3.8, 4) is 0 Å². The van der Waals surface area contributed by atoms with E-state index in [1.165, 1.54) is 14.2 Å². The molecular formula is C13H26O5. The van der Waals surface area contributed by atoms with E-state index >= 15 is 0 Å². The minimum atomic E-state index is -1.17. The molecule has 5 nitrogen and oxygen atoms in total. The molecule has 0 bridgehead atoms. The average Bonchev–Trinajstić information content (AvgIpc) is 2.27. The van der Waals surface area contributed by atoms with E-state index in [4.69, 9.17) is 14.2 Å². The van der Waals surface area contributed by atoms with Gasteiger partial charge >= 0.3 is 0 Å². The predicted octanol–water partition coefficient (Wildman–Crippen LogP) is 1.29. The molecule has 0 saturated carbocycles. The van der Waals surface area contributed by atoms with Crippen molar-refractivity contribution in [1.29, 1.82) is 0 Å². The molecule has 0 radical (unpaired) electrons. The summed E-state index contributed by atoms with van der Waals surface area (Å²) in [7, 11) is 2.96. The summed E-state index contributed by atoms with van der Waals surface area (Å²) in [6.45, 7) is 7.16. The van der Waals surface area contributed by atoms with Crippen molar-refractivity contribution in [2.75, 3.05) is 20.8 Å². The van der Waals surface area contributed by atoms with Crippen LogP contribution in [0, 0.1) is 5.92 Å². The molecule has 0 aromatic carbocycles. The number of rotatable bonds is 10. The number of allylic oxidation sites excluding steroid dienone is 1. The van der Waals surface area contributed by atoms with Crippen molar-refractivity contribution in [2.24, 2.45) is 5.92 Å². The van der Waals surface area contributed by atoms with Crippen LogP contribution < -0.4 is 0 Å². The number of ether oxygens (including phenoxy) is 3. The van der Waals surface area contributed by atoms with E-state index in [0.717, 1.165) is 0 Å². The molecule has 108 valence electrons. The molecule has 0 aliphatic rings. The summed E-state index contributed by atoms with van der Waals surface area (Å²) in [5.41, 5.74) is 0. The van der Waals surface area contributed by atoms with E-state index < -0.39 is 18.2 Å². The highest BCUT2D eigenvalue weighted by Crippen LogP contribution is 2.18. The summed E-state index contributed by atoms with van der Waals surface area (Å²) in [5, 5.41) is 19.4. The van der Waals surface area contributed by atoms with Gasteiger partial charge in [0.05, 0.1) is 6.61 Å². The van der Waals surface area contributed by atoms with Crippen LogP contribution in [-0.2, 0) is 14.2 Å². The molecule has 2 N–H and O–H groups in total. The first-order valence-electron chi connectivity index (χ1n) is 6.05. The number of hydrogen-bond acceptors (Lipinski definition) is 5. The van der Waals surface area contributed by atoms with Gasteiger partial charge in [0.2, 0.25) is 0 Å². The van der Waals surface area contributed by atoms with Gasteiger partial charge < -0.3 is 24.4 Å². The van der Waals surface area contributed by atoms with Crippen molar-refractivity contribution in [3.63, 3.8) is 0 Å². The molecule has 0 aliphatic heterocycles. The highest BCUT2D eigenvalue weighted by molar-refractivity contribution is 4.77. The molecule has 2 unspecified atom stereocenters. The zero-order valence-electron chi connectivity index (χ0n) is 11.8.